The van der Waals surface area contributed by atoms with E-state index < -0.39 is 0 Å². The molecule has 1 aliphatic rings. The van der Waals surface area contributed by atoms with E-state index in [4.69, 9.17) is 0 Å². The molecule has 1 aromatic carbocycles. The number of aryl methyl sites for hydroxylation is 2. The second-order valence-corrected chi connectivity index (χ2v) is 7.30. The van der Waals surface area contributed by atoms with Gasteiger partial charge in [-0.1, -0.05) is 0 Å². The lowest BCUT2D eigenvalue weighted by Crippen LogP contribution is -2.50. The first-order chi connectivity index (χ1) is 13.3. The molecule has 3 rings (SSSR count). The fourth-order valence-electron chi connectivity index (χ4n) is 3.47. The number of piperazine rings is 1. The van der Waals surface area contributed by atoms with E-state index in [9.17, 15) is 14.4 Å². The van der Waals surface area contributed by atoms with Crippen LogP contribution in [0.25, 0.3) is 11.0 Å². The van der Waals surface area contributed by atoms with Gasteiger partial charge in [-0.2, -0.15) is 0 Å². The van der Waals surface area contributed by atoms with Gasteiger partial charge in [0.25, 0.3) is 11.5 Å². The number of likely N-dealkylation sites (N-methyl/N-ethyl adjacent to an activating group) is 2. The van der Waals surface area contributed by atoms with Crippen LogP contribution >= 0.6 is 0 Å². The summed E-state index contributed by atoms with van der Waals surface area (Å²) >= 11 is 0. The molecular formula is C20H27N5O3. The lowest BCUT2D eigenvalue weighted by molar-refractivity contribution is -0.133. The van der Waals surface area contributed by atoms with Crippen molar-refractivity contribution in [2.75, 3.05) is 46.8 Å². The number of nitrogens with zero attached hydrogens (tertiary/aromatic N) is 5. The molecule has 0 atom stereocenters. The summed E-state index contributed by atoms with van der Waals surface area (Å²) in [6.07, 6.45) is 0. The summed E-state index contributed by atoms with van der Waals surface area (Å²) in [6.45, 7) is 7.21. The van der Waals surface area contributed by atoms with Crippen LogP contribution < -0.4 is 5.56 Å². The number of amides is 2. The maximum Gasteiger partial charge on any atom is 0.272 e. The standard InChI is InChI=1S/C20H27N5O3/c1-5-25-17-7-6-15(12-16(17)21-14(2)19(25)27)20(28)23(4)13-18(26)24-10-8-22(3)9-11-24/h6-7,12H,5,8-11,13H2,1-4H3. The Morgan fingerprint density at radius 2 is 1.86 bits per heavy atom. The van der Waals surface area contributed by atoms with Gasteiger partial charge in [-0.05, 0) is 39.1 Å². The van der Waals surface area contributed by atoms with E-state index in [1.54, 1.807) is 41.6 Å². The minimum Gasteiger partial charge on any atom is -0.339 e. The molecule has 0 radical (unpaired) electrons. The van der Waals surface area contributed by atoms with Crippen molar-refractivity contribution >= 4 is 22.8 Å². The van der Waals surface area contributed by atoms with Crippen molar-refractivity contribution in [1.29, 1.82) is 0 Å². The summed E-state index contributed by atoms with van der Waals surface area (Å²) in [5, 5.41) is 0. The molecule has 0 saturated carbocycles. The van der Waals surface area contributed by atoms with Crippen LogP contribution in [0.2, 0.25) is 0 Å². The van der Waals surface area contributed by atoms with Crippen molar-refractivity contribution in [1.82, 2.24) is 24.3 Å². The first-order valence-corrected chi connectivity index (χ1v) is 9.54. The van der Waals surface area contributed by atoms with Crippen LogP contribution in [0.5, 0.6) is 0 Å². The molecule has 2 heterocycles. The Hall–Kier alpha value is -2.74. The predicted molar refractivity (Wildman–Crippen MR) is 107 cm³/mol. The lowest BCUT2D eigenvalue weighted by Gasteiger charge is -2.33. The summed E-state index contributed by atoms with van der Waals surface area (Å²) in [4.78, 5) is 47.3. The number of hydrogen-bond acceptors (Lipinski definition) is 5. The van der Waals surface area contributed by atoms with Crippen LogP contribution in [0.1, 0.15) is 23.0 Å². The minimum absolute atomic E-state index is 0.0430. The van der Waals surface area contributed by atoms with Crippen LogP contribution in [-0.2, 0) is 11.3 Å². The number of carbonyl (C=O) groups is 2. The van der Waals surface area contributed by atoms with Crippen LogP contribution in [0.4, 0.5) is 0 Å². The van der Waals surface area contributed by atoms with Crippen molar-refractivity contribution in [2.45, 2.75) is 20.4 Å². The molecule has 8 heteroatoms. The summed E-state index contributed by atoms with van der Waals surface area (Å²) in [5.41, 5.74) is 2.03. The topological polar surface area (TPSA) is 78.8 Å². The third-order valence-corrected chi connectivity index (χ3v) is 5.25. The average molecular weight is 385 g/mol. The molecule has 1 aromatic heterocycles. The van der Waals surface area contributed by atoms with E-state index in [0.717, 1.165) is 13.1 Å². The van der Waals surface area contributed by atoms with Gasteiger partial charge in [-0.25, -0.2) is 4.98 Å². The quantitative estimate of drug-likeness (QED) is 0.769. The SMILES string of the molecule is CCn1c(=O)c(C)nc2cc(C(=O)N(C)CC(=O)N3CCN(C)CC3)ccc21. The van der Waals surface area contributed by atoms with E-state index in [1.807, 2.05) is 14.0 Å². The van der Waals surface area contributed by atoms with Gasteiger partial charge in [0.15, 0.2) is 0 Å². The first-order valence-electron chi connectivity index (χ1n) is 9.54. The van der Waals surface area contributed by atoms with Crippen LogP contribution in [0, 0.1) is 6.92 Å². The highest BCUT2D eigenvalue weighted by atomic mass is 16.2. The highest BCUT2D eigenvalue weighted by Gasteiger charge is 2.22. The van der Waals surface area contributed by atoms with E-state index in [2.05, 4.69) is 9.88 Å². The van der Waals surface area contributed by atoms with Crippen molar-refractivity contribution < 1.29 is 9.59 Å². The summed E-state index contributed by atoms with van der Waals surface area (Å²) in [5.74, 6) is -0.281. The van der Waals surface area contributed by atoms with Crippen LogP contribution in [0.3, 0.4) is 0 Å². The second-order valence-electron chi connectivity index (χ2n) is 7.30. The normalized spacial score (nSPS) is 15.1. The monoisotopic (exact) mass is 385 g/mol. The highest BCUT2D eigenvalue weighted by molar-refractivity contribution is 5.98. The molecule has 0 spiro atoms. The predicted octanol–water partition coefficient (Wildman–Crippen LogP) is 0.571. The number of fused-ring (bicyclic) bond motifs is 1. The molecule has 2 amide bonds. The largest absolute Gasteiger partial charge is 0.339 e. The molecule has 0 unspecified atom stereocenters. The van der Waals surface area contributed by atoms with Gasteiger partial charge in [0.05, 0.1) is 17.6 Å². The van der Waals surface area contributed by atoms with E-state index in [1.165, 1.54) is 4.90 Å². The number of carbonyl (C=O) groups excluding carboxylic acids is 2. The summed E-state index contributed by atoms with van der Waals surface area (Å²) in [6, 6.07) is 5.12. The Bertz CT molecular complexity index is 960. The molecule has 150 valence electrons. The Kier molecular flexibility index (Phi) is 5.79. The number of rotatable bonds is 4. The Labute approximate surface area is 164 Å². The molecule has 2 aromatic rings. The van der Waals surface area contributed by atoms with Crippen molar-refractivity contribution in [3.63, 3.8) is 0 Å². The third-order valence-electron chi connectivity index (χ3n) is 5.25. The smallest absolute Gasteiger partial charge is 0.272 e. The fourth-order valence-corrected chi connectivity index (χ4v) is 3.47. The molecular weight excluding hydrogens is 358 g/mol. The maximum atomic E-state index is 12.8. The second kappa shape index (κ2) is 8.10. The van der Waals surface area contributed by atoms with Gasteiger partial charge in [-0.15, -0.1) is 0 Å². The number of hydrogen-bond donors (Lipinski definition) is 0. The highest BCUT2D eigenvalue weighted by Crippen LogP contribution is 2.15. The number of benzene rings is 1. The zero-order chi connectivity index (χ0) is 20.4. The van der Waals surface area contributed by atoms with Gasteiger partial charge in [-0.3, -0.25) is 14.4 Å². The molecule has 0 N–H and O–H groups in total. The van der Waals surface area contributed by atoms with Gasteiger partial charge in [0, 0.05) is 45.3 Å². The summed E-state index contributed by atoms with van der Waals surface area (Å²) < 4.78 is 1.65. The Morgan fingerprint density at radius 3 is 2.50 bits per heavy atom. The van der Waals surface area contributed by atoms with Crippen LogP contribution in [0.15, 0.2) is 23.0 Å². The first kappa shape index (κ1) is 20.0. The van der Waals surface area contributed by atoms with E-state index in [0.29, 0.717) is 41.9 Å². The third kappa shape index (κ3) is 3.91. The van der Waals surface area contributed by atoms with E-state index in [-0.39, 0.29) is 23.9 Å². The van der Waals surface area contributed by atoms with Gasteiger partial charge in [0.1, 0.15) is 5.69 Å². The van der Waals surface area contributed by atoms with E-state index >= 15 is 0 Å². The molecule has 28 heavy (non-hydrogen) atoms. The molecule has 0 bridgehead atoms. The van der Waals surface area contributed by atoms with Gasteiger partial charge < -0.3 is 19.3 Å². The Morgan fingerprint density at radius 1 is 1.18 bits per heavy atom. The van der Waals surface area contributed by atoms with Crippen molar-refractivity contribution in [3.8, 4) is 0 Å². The minimum atomic E-state index is -0.238. The molecule has 1 aliphatic heterocycles. The zero-order valence-corrected chi connectivity index (χ0v) is 16.9. The Balaban J connectivity index is 1.78. The fraction of sp³-hybridized carbons (Fsp3) is 0.500. The van der Waals surface area contributed by atoms with Crippen LogP contribution in [-0.4, -0.2) is 82.9 Å². The molecule has 0 aliphatic carbocycles. The lowest BCUT2D eigenvalue weighted by atomic mass is 10.1. The number of aromatic nitrogens is 2. The van der Waals surface area contributed by atoms with Crippen molar-refractivity contribution in [2.24, 2.45) is 0 Å². The average Bonchev–Trinajstić information content (AvgIpc) is 2.68. The zero-order valence-electron chi connectivity index (χ0n) is 16.9. The molecule has 1 saturated heterocycles. The van der Waals surface area contributed by atoms with Gasteiger partial charge in [0.2, 0.25) is 5.91 Å². The summed E-state index contributed by atoms with van der Waals surface area (Å²) in [7, 11) is 3.66. The maximum absolute atomic E-state index is 12.8. The molecule has 8 nitrogen and oxygen atoms in total. The van der Waals surface area contributed by atoms with Crippen molar-refractivity contribution in [3.05, 3.63) is 39.8 Å². The van der Waals surface area contributed by atoms with Gasteiger partial charge >= 0.3 is 0 Å². The molecule has 1 fully saturated rings.